The summed E-state index contributed by atoms with van der Waals surface area (Å²) in [5.74, 6) is -1.51. The van der Waals surface area contributed by atoms with E-state index in [1.54, 1.807) is 6.26 Å². The van der Waals surface area contributed by atoms with Crippen molar-refractivity contribution in [2.24, 2.45) is 0 Å². The zero-order valence-corrected chi connectivity index (χ0v) is 13.2. The van der Waals surface area contributed by atoms with E-state index in [0.717, 1.165) is 24.6 Å². The standard InChI is InChI=1S/C15H16BrF2NO2/c1-2-4-19-8-10-3-5-20-14(10)9-21-13-7-11(16)6-12(17)15(13)18/h3,5-7,19H,2,4,8-9H2,1H3. The first-order chi connectivity index (χ1) is 10.1. The molecule has 2 rings (SSSR count). The SMILES string of the molecule is CCCNCc1ccoc1COc1cc(Br)cc(F)c1F. The molecule has 6 heteroatoms. The van der Waals surface area contributed by atoms with Crippen LogP contribution in [0.1, 0.15) is 24.7 Å². The molecule has 1 aromatic carbocycles. The lowest BCUT2D eigenvalue weighted by Gasteiger charge is -2.09. The van der Waals surface area contributed by atoms with Crippen molar-refractivity contribution in [1.29, 1.82) is 0 Å². The van der Waals surface area contributed by atoms with Crippen LogP contribution in [0.3, 0.4) is 0 Å². The molecule has 0 aliphatic carbocycles. The highest BCUT2D eigenvalue weighted by atomic mass is 79.9. The normalized spacial score (nSPS) is 10.9. The summed E-state index contributed by atoms with van der Waals surface area (Å²) in [7, 11) is 0. The lowest BCUT2D eigenvalue weighted by Crippen LogP contribution is -2.14. The van der Waals surface area contributed by atoms with Gasteiger partial charge in [0.2, 0.25) is 5.82 Å². The summed E-state index contributed by atoms with van der Waals surface area (Å²) in [6.07, 6.45) is 2.59. The van der Waals surface area contributed by atoms with Crippen molar-refractivity contribution in [2.45, 2.75) is 26.5 Å². The van der Waals surface area contributed by atoms with Gasteiger partial charge in [0, 0.05) is 16.6 Å². The molecule has 0 saturated heterocycles. The Kier molecular flexibility index (Phi) is 5.76. The summed E-state index contributed by atoms with van der Waals surface area (Å²) in [4.78, 5) is 0. The van der Waals surface area contributed by atoms with Crippen molar-refractivity contribution >= 4 is 15.9 Å². The Morgan fingerprint density at radius 3 is 2.90 bits per heavy atom. The van der Waals surface area contributed by atoms with Crippen molar-refractivity contribution in [3.63, 3.8) is 0 Å². The Morgan fingerprint density at radius 1 is 1.33 bits per heavy atom. The molecular weight excluding hydrogens is 344 g/mol. The summed E-state index contributed by atoms with van der Waals surface area (Å²) >= 11 is 3.10. The summed E-state index contributed by atoms with van der Waals surface area (Å²) < 4.78 is 37.9. The van der Waals surface area contributed by atoms with E-state index in [1.807, 2.05) is 6.07 Å². The third kappa shape index (κ3) is 4.28. The van der Waals surface area contributed by atoms with E-state index in [4.69, 9.17) is 9.15 Å². The van der Waals surface area contributed by atoms with Gasteiger partial charge in [-0.3, -0.25) is 0 Å². The van der Waals surface area contributed by atoms with Crippen LogP contribution in [0.5, 0.6) is 5.75 Å². The molecule has 0 fully saturated rings. The number of hydrogen-bond acceptors (Lipinski definition) is 3. The van der Waals surface area contributed by atoms with Crippen LogP contribution in [0.15, 0.2) is 33.4 Å². The highest BCUT2D eigenvalue weighted by Crippen LogP contribution is 2.26. The average Bonchev–Trinajstić information content (AvgIpc) is 2.89. The minimum atomic E-state index is -1.00. The van der Waals surface area contributed by atoms with Crippen molar-refractivity contribution in [3.8, 4) is 5.75 Å². The number of hydrogen-bond donors (Lipinski definition) is 1. The molecule has 0 radical (unpaired) electrons. The Labute approximate surface area is 130 Å². The van der Waals surface area contributed by atoms with Gasteiger partial charge in [-0.15, -0.1) is 0 Å². The zero-order valence-electron chi connectivity index (χ0n) is 11.6. The number of nitrogens with one attached hydrogen (secondary N) is 1. The average molecular weight is 360 g/mol. The first-order valence-electron chi connectivity index (χ1n) is 6.65. The third-order valence-corrected chi connectivity index (χ3v) is 3.36. The molecule has 114 valence electrons. The molecular formula is C15H16BrF2NO2. The quantitative estimate of drug-likeness (QED) is 0.587. The van der Waals surface area contributed by atoms with E-state index in [2.05, 4.69) is 28.2 Å². The number of furan rings is 1. The van der Waals surface area contributed by atoms with Crippen LogP contribution in [0.2, 0.25) is 0 Å². The lowest BCUT2D eigenvalue weighted by molar-refractivity contribution is 0.252. The molecule has 2 aromatic rings. The molecule has 1 N–H and O–H groups in total. The fourth-order valence-electron chi connectivity index (χ4n) is 1.83. The number of halogens is 3. The van der Waals surface area contributed by atoms with Crippen LogP contribution >= 0.6 is 15.9 Å². The van der Waals surface area contributed by atoms with Gasteiger partial charge >= 0.3 is 0 Å². The second kappa shape index (κ2) is 7.56. The first kappa shape index (κ1) is 16.0. The van der Waals surface area contributed by atoms with Gasteiger partial charge in [0.15, 0.2) is 11.6 Å². The predicted molar refractivity (Wildman–Crippen MR) is 79.1 cm³/mol. The van der Waals surface area contributed by atoms with Gasteiger partial charge in [-0.2, -0.15) is 4.39 Å². The van der Waals surface area contributed by atoms with Gasteiger partial charge < -0.3 is 14.5 Å². The van der Waals surface area contributed by atoms with Crippen molar-refractivity contribution in [1.82, 2.24) is 5.32 Å². The Hall–Kier alpha value is -1.40. The minimum absolute atomic E-state index is 0.0446. The number of ether oxygens (including phenoxy) is 1. The summed E-state index contributed by atoms with van der Waals surface area (Å²) in [5, 5.41) is 3.25. The largest absolute Gasteiger partial charge is 0.482 e. The summed E-state index contributed by atoms with van der Waals surface area (Å²) in [6, 6.07) is 4.27. The van der Waals surface area contributed by atoms with Gasteiger partial charge in [-0.05, 0) is 31.2 Å². The zero-order chi connectivity index (χ0) is 15.2. The molecule has 0 aliphatic rings. The van der Waals surface area contributed by atoms with Crippen LogP contribution in [-0.4, -0.2) is 6.54 Å². The molecule has 0 saturated carbocycles. The van der Waals surface area contributed by atoms with Crippen molar-refractivity contribution < 1.29 is 17.9 Å². The van der Waals surface area contributed by atoms with Gasteiger partial charge in [0.05, 0.1) is 6.26 Å². The third-order valence-electron chi connectivity index (χ3n) is 2.90. The predicted octanol–water partition coefficient (Wildman–Crippen LogP) is 4.40. The summed E-state index contributed by atoms with van der Waals surface area (Å²) in [6.45, 7) is 3.68. The Bertz CT molecular complexity index is 601. The first-order valence-corrected chi connectivity index (χ1v) is 7.44. The summed E-state index contributed by atoms with van der Waals surface area (Å²) in [5.41, 5.74) is 0.944. The van der Waals surface area contributed by atoms with E-state index < -0.39 is 11.6 Å². The molecule has 0 bridgehead atoms. The molecule has 3 nitrogen and oxygen atoms in total. The second-order valence-corrected chi connectivity index (χ2v) is 5.45. The van der Waals surface area contributed by atoms with E-state index in [9.17, 15) is 8.78 Å². The van der Waals surface area contributed by atoms with Crippen molar-refractivity contribution in [2.75, 3.05) is 6.54 Å². The van der Waals surface area contributed by atoms with Crippen LogP contribution in [0, 0.1) is 11.6 Å². The fraction of sp³-hybridized carbons (Fsp3) is 0.333. The number of rotatable bonds is 7. The monoisotopic (exact) mass is 359 g/mol. The Morgan fingerprint density at radius 2 is 2.14 bits per heavy atom. The molecule has 0 unspecified atom stereocenters. The maximum atomic E-state index is 13.6. The number of benzene rings is 1. The maximum Gasteiger partial charge on any atom is 0.200 e. The van der Waals surface area contributed by atoms with Crippen LogP contribution in [0.4, 0.5) is 8.78 Å². The van der Waals surface area contributed by atoms with E-state index in [-0.39, 0.29) is 12.4 Å². The van der Waals surface area contributed by atoms with Gasteiger partial charge in [0.1, 0.15) is 12.4 Å². The minimum Gasteiger partial charge on any atom is -0.482 e. The van der Waals surface area contributed by atoms with Crippen LogP contribution in [-0.2, 0) is 13.2 Å². The van der Waals surface area contributed by atoms with Crippen LogP contribution in [0.25, 0.3) is 0 Å². The van der Waals surface area contributed by atoms with Gasteiger partial charge in [-0.1, -0.05) is 22.9 Å². The van der Waals surface area contributed by atoms with E-state index >= 15 is 0 Å². The lowest BCUT2D eigenvalue weighted by atomic mass is 10.2. The molecule has 0 atom stereocenters. The van der Waals surface area contributed by atoms with E-state index in [0.29, 0.717) is 16.8 Å². The maximum absolute atomic E-state index is 13.6. The molecule has 1 heterocycles. The van der Waals surface area contributed by atoms with Gasteiger partial charge in [0.25, 0.3) is 0 Å². The van der Waals surface area contributed by atoms with Crippen LogP contribution < -0.4 is 10.1 Å². The van der Waals surface area contributed by atoms with E-state index in [1.165, 1.54) is 6.07 Å². The molecule has 0 amide bonds. The second-order valence-electron chi connectivity index (χ2n) is 4.53. The highest BCUT2D eigenvalue weighted by Gasteiger charge is 2.13. The molecule has 1 aromatic heterocycles. The molecule has 0 spiro atoms. The Balaban J connectivity index is 2.02. The molecule has 0 aliphatic heterocycles. The molecule has 21 heavy (non-hydrogen) atoms. The fourth-order valence-corrected chi connectivity index (χ4v) is 2.24. The van der Waals surface area contributed by atoms with Crippen molar-refractivity contribution in [3.05, 3.63) is 51.9 Å². The smallest absolute Gasteiger partial charge is 0.200 e. The van der Waals surface area contributed by atoms with Gasteiger partial charge in [-0.25, -0.2) is 4.39 Å². The highest BCUT2D eigenvalue weighted by molar-refractivity contribution is 9.10. The topological polar surface area (TPSA) is 34.4 Å².